The van der Waals surface area contributed by atoms with E-state index < -0.39 is 0 Å². The third-order valence-corrected chi connectivity index (χ3v) is 2.75. The summed E-state index contributed by atoms with van der Waals surface area (Å²) in [6, 6.07) is 0. The number of aromatic nitrogens is 4. The zero-order valence-corrected chi connectivity index (χ0v) is 9.51. The van der Waals surface area contributed by atoms with Gasteiger partial charge < -0.3 is 5.32 Å². The van der Waals surface area contributed by atoms with E-state index in [0.717, 1.165) is 10.7 Å². The van der Waals surface area contributed by atoms with Gasteiger partial charge in [0, 0.05) is 11.1 Å². The van der Waals surface area contributed by atoms with E-state index in [-0.39, 0.29) is 5.28 Å². The van der Waals surface area contributed by atoms with Crippen LogP contribution in [0.5, 0.6) is 0 Å². The van der Waals surface area contributed by atoms with Crippen LogP contribution < -0.4 is 5.32 Å². The summed E-state index contributed by atoms with van der Waals surface area (Å²) in [4.78, 5) is 8.26. The Hall–Kier alpha value is -1.27. The highest BCUT2D eigenvalue weighted by Gasteiger charge is 2.00. The van der Waals surface area contributed by atoms with Gasteiger partial charge in [-0.3, -0.25) is 0 Å². The number of aryl methyl sites for hydroxylation is 1. The van der Waals surface area contributed by atoms with Crippen molar-refractivity contribution in [3.63, 3.8) is 0 Å². The summed E-state index contributed by atoms with van der Waals surface area (Å²) in [6.45, 7) is 2.58. The van der Waals surface area contributed by atoms with Crippen LogP contribution in [0.2, 0.25) is 5.28 Å². The molecule has 0 aliphatic carbocycles. The Morgan fingerprint density at radius 3 is 3.00 bits per heavy atom. The molecule has 0 bridgehead atoms. The van der Waals surface area contributed by atoms with Crippen molar-refractivity contribution >= 4 is 28.8 Å². The summed E-state index contributed by atoms with van der Waals surface area (Å²) >= 11 is 7.20. The molecule has 0 radical (unpaired) electrons. The molecule has 0 aromatic carbocycles. The first-order chi connectivity index (χ1) is 7.24. The van der Waals surface area contributed by atoms with Crippen LogP contribution in [0, 0.1) is 6.92 Å². The van der Waals surface area contributed by atoms with E-state index in [1.165, 1.54) is 6.20 Å². The fraction of sp³-hybridized carbons (Fsp3) is 0.250. The van der Waals surface area contributed by atoms with E-state index in [0.29, 0.717) is 12.4 Å². The van der Waals surface area contributed by atoms with Crippen molar-refractivity contribution in [2.24, 2.45) is 0 Å². The van der Waals surface area contributed by atoms with Crippen LogP contribution in [0.4, 0.5) is 5.82 Å². The maximum absolute atomic E-state index is 5.59. The Morgan fingerprint density at radius 2 is 2.33 bits per heavy atom. The van der Waals surface area contributed by atoms with Crippen molar-refractivity contribution in [1.29, 1.82) is 0 Å². The molecular formula is C8H8ClN5S. The summed E-state index contributed by atoms with van der Waals surface area (Å²) in [7, 11) is 0. The van der Waals surface area contributed by atoms with Gasteiger partial charge in [-0.25, -0.2) is 4.98 Å². The monoisotopic (exact) mass is 241 g/mol. The van der Waals surface area contributed by atoms with Crippen LogP contribution in [-0.4, -0.2) is 20.2 Å². The predicted octanol–water partition coefficient (Wildman–Crippen LogP) is 1.90. The van der Waals surface area contributed by atoms with Gasteiger partial charge in [-0.15, -0.1) is 16.4 Å². The Labute approximate surface area is 95.6 Å². The Bertz CT molecular complexity index is 458. The molecule has 2 rings (SSSR count). The molecule has 1 N–H and O–H groups in total. The summed E-state index contributed by atoms with van der Waals surface area (Å²) < 4.78 is 0. The molecule has 0 saturated carbocycles. The van der Waals surface area contributed by atoms with E-state index in [4.69, 9.17) is 11.6 Å². The molecular weight excluding hydrogens is 234 g/mol. The predicted molar refractivity (Wildman–Crippen MR) is 59.0 cm³/mol. The number of hydrogen-bond donors (Lipinski definition) is 1. The quantitative estimate of drug-likeness (QED) is 0.889. The number of nitrogens with zero attached hydrogens (tertiary/aromatic N) is 4. The van der Waals surface area contributed by atoms with Crippen LogP contribution in [0.25, 0.3) is 0 Å². The first kappa shape index (κ1) is 10.3. The van der Waals surface area contributed by atoms with Crippen molar-refractivity contribution < 1.29 is 0 Å². The fourth-order valence-corrected chi connectivity index (χ4v) is 1.86. The average molecular weight is 242 g/mol. The first-order valence-corrected chi connectivity index (χ1v) is 5.50. The molecule has 0 amide bonds. The van der Waals surface area contributed by atoms with Gasteiger partial charge in [0.2, 0.25) is 5.28 Å². The molecule has 0 fully saturated rings. The second-order valence-corrected chi connectivity index (χ2v) is 4.13. The minimum atomic E-state index is 0.135. The van der Waals surface area contributed by atoms with Crippen molar-refractivity contribution in [2.45, 2.75) is 13.5 Å². The maximum Gasteiger partial charge on any atom is 0.244 e. The molecule has 78 valence electrons. The van der Waals surface area contributed by atoms with Crippen LogP contribution in [0.15, 0.2) is 11.6 Å². The van der Waals surface area contributed by atoms with Gasteiger partial charge in [-0.2, -0.15) is 10.1 Å². The lowest BCUT2D eigenvalue weighted by molar-refractivity contribution is 0.954. The van der Waals surface area contributed by atoms with Gasteiger partial charge in [0.1, 0.15) is 10.8 Å². The topological polar surface area (TPSA) is 63.6 Å². The van der Waals surface area contributed by atoms with E-state index in [1.54, 1.807) is 11.3 Å². The van der Waals surface area contributed by atoms with E-state index >= 15 is 0 Å². The molecule has 7 heteroatoms. The number of hydrogen-bond acceptors (Lipinski definition) is 6. The van der Waals surface area contributed by atoms with E-state index in [9.17, 15) is 0 Å². The van der Waals surface area contributed by atoms with Gasteiger partial charge in [0.25, 0.3) is 0 Å². The average Bonchev–Trinajstić information content (AvgIpc) is 2.62. The summed E-state index contributed by atoms with van der Waals surface area (Å²) in [6.07, 6.45) is 1.52. The number of anilines is 1. The number of rotatable bonds is 3. The van der Waals surface area contributed by atoms with Crippen molar-refractivity contribution in [2.75, 3.05) is 5.32 Å². The summed E-state index contributed by atoms with van der Waals surface area (Å²) in [5, 5.41) is 13.4. The van der Waals surface area contributed by atoms with Crippen LogP contribution in [0.1, 0.15) is 10.7 Å². The van der Waals surface area contributed by atoms with Gasteiger partial charge in [-0.1, -0.05) is 0 Å². The molecule has 0 atom stereocenters. The van der Waals surface area contributed by atoms with E-state index in [2.05, 4.69) is 25.5 Å². The molecule has 2 heterocycles. The number of nitrogens with one attached hydrogen (secondary N) is 1. The lowest BCUT2D eigenvalue weighted by Crippen LogP contribution is -2.02. The highest BCUT2D eigenvalue weighted by atomic mass is 35.5. The smallest absolute Gasteiger partial charge is 0.244 e. The second kappa shape index (κ2) is 4.50. The van der Waals surface area contributed by atoms with E-state index in [1.807, 2.05) is 12.3 Å². The van der Waals surface area contributed by atoms with Gasteiger partial charge >= 0.3 is 0 Å². The van der Waals surface area contributed by atoms with Crippen molar-refractivity contribution in [3.05, 3.63) is 27.6 Å². The SMILES string of the molecule is Cc1csc(CNc2cnnc(Cl)n2)n1. The standard InChI is InChI=1S/C8H8ClN5S/c1-5-4-15-7(12-5)3-10-6-2-11-14-8(9)13-6/h2,4H,3H2,1H3,(H,10,13,14). The lowest BCUT2D eigenvalue weighted by atomic mass is 10.5. The van der Waals surface area contributed by atoms with Gasteiger partial charge in [0.05, 0.1) is 12.7 Å². The minimum Gasteiger partial charge on any atom is -0.362 e. The summed E-state index contributed by atoms with van der Waals surface area (Å²) in [5.74, 6) is 0.600. The fourth-order valence-electron chi connectivity index (χ4n) is 1.02. The molecule has 0 unspecified atom stereocenters. The number of halogens is 1. The number of thiazole rings is 1. The highest BCUT2D eigenvalue weighted by molar-refractivity contribution is 7.09. The van der Waals surface area contributed by atoms with Gasteiger partial charge in [-0.05, 0) is 18.5 Å². The zero-order valence-electron chi connectivity index (χ0n) is 7.94. The molecule has 2 aromatic heterocycles. The van der Waals surface area contributed by atoms with Gasteiger partial charge in [0.15, 0.2) is 0 Å². The van der Waals surface area contributed by atoms with Crippen molar-refractivity contribution in [1.82, 2.24) is 20.2 Å². The second-order valence-electron chi connectivity index (χ2n) is 2.85. The van der Waals surface area contributed by atoms with Crippen molar-refractivity contribution in [3.8, 4) is 0 Å². The molecule has 15 heavy (non-hydrogen) atoms. The Balaban J connectivity index is 1.99. The first-order valence-electron chi connectivity index (χ1n) is 4.24. The Kier molecular flexibility index (Phi) is 3.08. The zero-order chi connectivity index (χ0) is 10.7. The third-order valence-electron chi connectivity index (χ3n) is 1.62. The third kappa shape index (κ3) is 2.84. The Morgan fingerprint density at radius 1 is 1.47 bits per heavy atom. The molecule has 0 aliphatic rings. The largest absolute Gasteiger partial charge is 0.362 e. The minimum absolute atomic E-state index is 0.135. The summed E-state index contributed by atoms with van der Waals surface area (Å²) in [5.41, 5.74) is 1.02. The van der Waals surface area contributed by atoms with Crippen LogP contribution in [-0.2, 0) is 6.54 Å². The molecule has 0 spiro atoms. The lowest BCUT2D eigenvalue weighted by Gasteiger charge is -2.01. The van der Waals surface area contributed by atoms with Crippen LogP contribution >= 0.6 is 22.9 Å². The molecule has 0 aliphatic heterocycles. The normalized spacial score (nSPS) is 10.3. The molecule has 5 nitrogen and oxygen atoms in total. The maximum atomic E-state index is 5.59. The van der Waals surface area contributed by atoms with Crippen LogP contribution in [0.3, 0.4) is 0 Å². The highest BCUT2D eigenvalue weighted by Crippen LogP contribution is 2.11. The molecule has 2 aromatic rings. The molecule has 0 saturated heterocycles.